The van der Waals surface area contributed by atoms with Crippen LogP contribution >= 0.6 is 0 Å². The van der Waals surface area contributed by atoms with Gasteiger partial charge in [-0.05, 0) is 62.1 Å². The van der Waals surface area contributed by atoms with E-state index in [2.05, 4.69) is 25.6 Å². The topological polar surface area (TPSA) is 79.8 Å². The van der Waals surface area contributed by atoms with Gasteiger partial charge in [-0.3, -0.25) is 4.79 Å². The molecule has 6 nitrogen and oxygen atoms in total. The van der Waals surface area contributed by atoms with Crippen molar-refractivity contribution in [1.82, 2.24) is 20.3 Å². The molecule has 3 aromatic rings. The first-order valence-corrected chi connectivity index (χ1v) is 9.67. The molecule has 1 fully saturated rings. The maximum absolute atomic E-state index is 13.9. The normalized spacial score (nSPS) is 18.4. The number of anilines is 1. The number of amides is 1. The van der Waals surface area contributed by atoms with Gasteiger partial charge in [0.2, 0.25) is 0 Å². The summed E-state index contributed by atoms with van der Waals surface area (Å²) < 4.78 is 13.9. The van der Waals surface area contributed by atoms with E-state index in [1.54, 1.807) is 24.5 Å². The number of hydrogen-bond donors (Lipinski definition) is 2. The van der Waals surface area contributed by atoms with E-state index in [-0.39, 0.29) is 23.6 Å². The van der Waals surface area contributed by atoms with Gasteiger partial charge < -0.3 is 10.6 Å². The van der Waals surface area contributed by atoms with Gasteiger partial charge in [0, 0.05) is 36.2 Å². The zero-order valence-corrected chi connectivity index (χ0v) is 16.1. The second-order valence-corrected chi connectivity index (χ2v) is 7.24. The summed E-state index contributed by atoms with van der Waals surface area (Å²) in [6.07, 6.45) is 7.77. The quantitative estimate of drug-likeness (QED) is 0.692. The van der Waals surface area contributed by atoms with Gasteiger partial charge in [0.25, 0.3) is 5.91 Å². The zero-order valence-electron chi connectivity index (χ0n) is 16.1. The number of nitrogens with one attached hydrogen (secondary N) is 2. The van der Waals surface area contributed by atoms with Crippen LogP contribution in [-0.4, -0.2) is 32.9 Å². The molecule has 2 N–H and O–H groups in total. The Labute approximate surface area is 168 Å². The standard InChI is InChI=1S/C22H22FN5O/c1-14-6-9-20(26-13-14)27-18-4-2-5-19(18)28-22(29)17-12-15(23)7-8-16(17)21-24-10-3-11-25-21/h3,6-13,18-19H,2,4-5H2,1H3,(H,26,27)(H,28,29)/t18-,19-/m0/s1. The van der Waals surface area contributed by atoms with Gasteiger partial charge in [-0.1, -0.05) is 6.07 Å². The van der Waals surface area contributed by atoms with Crippen LogP contribution in [0.2, 0.25) is 0 Å². The number of carbonyl (C=O) groups is 1. The third-order valence-corrected chi connectivity index (χ3v) is 5.11. The number of nitrogens with zero attached hydrogens (tertiary/aromatic N) is 3. The molecule has 4 rings (SSSR count). The van der Waals surface area contributed by atoms with Crippen LogP contribution in [0.4, 0.5) is 10.2 Å². The molecule has 0 aliphatic heterocycles. The Kier molecular flexibility index (Phi) is 5.46. The van der Waals surface area contributed by atoms with Crippen molar-refractivity contribution in [2.45, 2.75) is 38.3 Å². The van der Waals surface area contributed by atoms with Crippen LogP contribution in [0.25, 0.3) is 11.4 Å². The molecule has 148 valence electrons. The van der Waals surface area contributed by atoms with Gasteiger partial charge in [-0.25, -0.2) is 19.3 Å². The highest BCUT2D eigenvalue weighted by Gasteiger charge is 2.30. The van der Waals surface area contributed by atoms with E-state index in [0.29, 0.717) is 11.4 Å². The summed E-state index contributed by atoms with van der Waals surface area (Å²) in [4.78, 5) is 25.8. The molecule has 7 heteroatoms. The third kappa shape index (κ3) is 4.39. The summed E-state index contributed by atoms with van der Waals surface area (Å²) in [6, 6.07) is 9.71. The lowest BCUT2D eigenvalue weighted by Crippen LogP contribution is -2.43. The molecule has 0 bridgehead atoms. The van der Waals surface area contributed by atoms with Gasteiger partial charge in [-0.2, -0.15) is 0 Å². The van der Waals surface area contributed by atoms with E-state index < -0.39 is 5.82 Å². The summed E-state index contributed by atoms with van der Waals surface area (Å²) in [5.41, 5.74) is 1.83. The zero-order chi connectivity index (χ0) is 20.2. The van der Waals surface area contributed by atoms with Crippen LogP contribution in [0.3, 0.4) is 0 Å². The molecule has 1 aliphatic rings. The van der Waals surface area contributed by atoms with Crippen molar-refractivity contribution in [3.8, 4) is 11.4 Å². The summed E-state index contributed by atoms with van der Waals surface area (Å²) in [5.74, 6) is 0.371. The van der Waals surface area contributed by atoms with E-state index >= 15 is 0 Å². The maximum atomic E-state index is 13.9. The van der Waals surface area contributed by atoms with Crippen LogP contribution in [-0.2, 0) is 0 Å². The Morgan fingerprint density at radius 2 is 1.86 bits per heavy atom. The second kappa shape index (κ2) is 8.34. The minimum atomic E-state index is -0.472. The smallest absolute Gasteiger partial charge is 0.252 e. The number of aryl methyl sites for hydroxylation is 1. The first-order chi connectivity index (χ1) is 14.1. The molecule has 2 atom stereocenters. The minimum Gasteiger partial charge on any atom is -0.365 e. The third-order valence-electron chi connectivity index (χ3n) is 5.11. The molecular weight excluding hydrogens is 369 g/mol. The minimum absolute atomic E-state index is 0.0686. The highest BCUT2D eigenvalue weighted by Crippen LogP contribution is 2.25. The predicted molar refractivity (Wildman–Crippen MR) is 109 cm³/mol. The molecule has 2 aromatic heterocycles. The van der Waals surface area contributed by atoms with Crippen molar-refractivity contribution in [2.75, 3.05) is 5.32 Å². The number of halogens is 1. The Bertz CT molecular complexity index is 994. The average Bonchev–Trinajstić information content (AvgIpc) is 3.16. The highest BCUT2D eigenvalue weighted by atomic mass is 19.1. The van der Waals surface area contributed by atoms with Crippen molar-refractivity contribution in [2.24, 2.45) is 0 Å². The van der Waals surface area contributed by atoms with Crippen molar-refractivity contribution in [3.05, 3.63) is 71.9 Å². The van der Waals surface area contributed by atoms with Gasteiger partial charge in [0.15, 0.2) is 5.82 Å². The van der Waals surface area contributed by atoms with E-state index in [0.717, 1.165) is 30.6 Å². The number of carbonyl (C=O) groups excluding carboxylic acids is 1. The lowest BCUT2D eigenvalue weighted by molar-refractivity contribution is 0.0936. The van der Waals surface area contributed by atoms with Crippen LogP contribution in [0.1, 0.15) is 35.2 Å². The number of hydrogen-bond acceptors (Lipinski definition) is 5. The first-order valence-electron chi connectivity index (χ1n) is 9.67. The average molecular weight is 391 g/mol. The Morgan fingerprint density at radius 3 is 2.62 bits per heavy atom. The molecule has 0 spiro atoms. The van der Waals surface area contributed by atoms with Crippen molar-refractivity contribution in [3.63, 3.8) is 0 Å². The number of pyridine rings is 1. The molecule has 1 aromatic carbocycles. The van der Waals surface area contributed by atoms with Gasteiger partial charge in [-0.15, -0.1) is 0 Å². The van der Waals surface area contributed by atoms with Crippen molar-refractivity contribution < 1.29 is 9.18 Å². The fourth-order valence-corrected chi connectivity index (χ4v) is 3.63. The fourth-order valence-electron chi connectivity index (χ4n) is 3.63. The molecule has 29 heavy (non-hydrogen) atoms. The Hall–Kier alpha value is -3.35. The number of benzene rings is 1. The van der Waals surface area contributed by atoms with E-state index in [1.165, 1.54) is 12.1 Å². The van der Waals surface area contributed by atoms with Crippen LogP contribution < -0.4 is 10.6 Å². The second-order valence-electron chi connectivity index (χ2n) is 7.24. The lowest BCUT2D eigenvalue weighted by Gasteiger charge is -2.23. The SMILES string of the molecule is Cc1ccc(N[C@H]2CCC[C@@H]2NC(=O)c2cc(F)ccc2-c2ncccn2)nc1. The Balaban J connectivity index is 1.53. The first kappa shape index (κ1) is 19.0. The van der Waals surface area contributed by atoms with Crippen molar-refractivity contribution in [1.29, 1.82) is 0 Å². The predicted octanol–water partition coefficient (Wildman–Crippen LogP) is 3.75. The highest BCUT2D eigenvalue weighted by molar-refractivity contribution is 6.00. The fraction of sp³-hybridized carbons (Fsp3) is 0.273. The molecule has 1 saturated carbocycles. The maximum Gasteiger partial charge on any atom is 0.252 e. The van der Waals surface area contributed by atoms with Gasteiger partial charge in [0.1, 0.15) is 11.6 Å². The largest absolute Gasteiger partial charge is 0.365 e. The van der Waals surface area contributed by atoms with E-state index in [4.69, 9.17) is 0 Å². The molecule has 2 heterocycles. The number of rotatable bonds is 5. The number of aromatic nitrogens is 3. The van der Waals surface area contributed by atoms with Crippen LogP contribution in [0.15, 0.2) is 55.0 Å². The molecule has 1 aliphatic carbocycles. The van der Waals surface area contributed by atoms with E-state index in [9.17, 15) is 9.18 Å². The monoisotopic (exact) mass is 391 g/mol. The van der Waals surface area contributed by atoms with Crippen molar-refractivity contribution >= 4 is 11.7 Å². The van der Waals surface area contributed by atoms with E-state index in [1.807, 2.05) is 25.3 Å². The Morgan fingerprint density at radius 1 is 1.07 bits per heavy atom. The molecular formula is C22H22FN5O. The summed E-state index contributed by atoms with van der Waals surface area (Å²) in [6.45, 7) is 1.99. The summed E-state index contributed by atoms with van der Waals surface area (Å²) in [7, 11) is 0. The summed E-state index contributed by atoms with van der Waals surface area (Å²) >= 11 is 0. The van der Waals surface area contributed by atoms with Crippen LogP contribution in [0, 0.1) is 12.7 Å². The molecule has 1 amide bonds. The molecule has 0 unspecified atom stereocenters. The van der Waals surface area contributed by atoms with Gasteiger partial charge >= 0.3 is 0 Å². The van der Waals surface area contributed by atoms with Crippen LogP contribution in [0.5, 0.6) is 0 Å². The molecule has 0 radical (unpaired) electrons. The molecule has 0 saturated heterocycles. The lowest BCUT2D eigenvalue weighted by atomic mass is 10.0. The summed E-state index contributed by atoms with van der Waals surface area (Å²) in [5, 5.41) is 6.47. The van der Waals surface area contributed by atoms with Gasteiger partial charge in [0.05, 0.1) is 5.56 Å².